The van der Waals surface area contributed by atoms with E-state index < -0.39 is 0 Å². The summed E-state index contributed by atoms with van der Waals surface area (Å²) in [6.45, 7) is 5.68. The van der Waals surface area contributed by atoms with Crippen molar-refractivity contribution < 1.29 is 9.53 Å². The lowest BCUT2D eigenvalue weighted by Crippen LogP contribution is -2.43. The zero-order valence-corrected chi connectivity index (χ0v) is 18.9. The zero-order valence-electron chi connectivity index (χ0n) is 18.9. The molecule has 172 valence electrons. The number of hydrogen-bond acceptors (Lipinski definition) is 6. The van der Waals surface area contributed by atoms with Gasteiger partial charge in [-0.3, -0.25) is 4.98 Å². The van der Waals surface area contributed by atoms with Crippen LogP contribution in [-0.4, -0.2) is 42.2 Å². The molecule has 8 nitrogen and oxygen atoms in total. The van der Waals surface area contributed by atoms with Crippen LogP contribution in [0.25, 0.3) is 11.0 Å². The van der Waals surface area contributed by atoms with Gasteiger partial charge >= 0.3 is 6.03 Å². The Morgan fingerprint density at radius 3 is 2.44 bits per heavy atom. The standard InChI is InChI=1S/C26H26N6O2/c1-18-4-2-5-19(14-18)29-26(33)30-20-6-3-7-21(15-20)34-22-8-9-23-24(16-22)31-25(17-28-23)32-12-10-27-11-13-32/h2-9,14-17,27H,10-13H2,1H3,(H2,29,30,33). The van der Waals surface area contributed by atoms with E-state index in [0.29, 0.717) is 17.2 Å². The lowest BCUT2D eigenvalue weighted by atomic mass is 10.2. The number of hydrogen-bond donors (Lipinski definition) is 3. The number of carbonyl (C=O) groups excluding carboxylic acids is 1. The summed E-state index contributed by atoms with van der Waals surface area (Å²) in [6.07, 6.45) is 1.82. The topological polar surface area (TPSA) is 91.4 Å². The van der Waals surface area contributed by atoms with Crippen molar-refractivity contribution in [3.05, 3.63) is 78.5 Å². The molecule has 4 aromatic rings. The fourth-order valence-electron chi connectivity index (χ4n) is 3.88. The normalized spacial score (nSPS) is 13.5. The summed E-state index contributed by atoms with van der Waals surface area (Å²) in [5.74, 6) is 2.14. The van der Waals surface area contributed by atoms with E-state index >= 15 is 0 Å². The second-order valence-corrected chi connectivity index (χ2v) is 8.19. The number of aromatic nitrogens is 2. The van der Waals surface area contributed by atoms with Crippen LogP contribution in [-0.2, 0) is 0 Å². The van der Waals surface area contributed by atoms with Gasteiger partial charge in [-0.15, -0.1) is 0 Å². The van der Waals surface area contributed by atoms with E-state index in [0.717, 1.165) is 54.3 Å². The number of benzene rings is 3. The molecule has 3 N–H and O–H groups in total. The van der Waals surface area contributed by atoms with Gasteiger partial charge in [-0.1, -0.05) is 18.2 Å². The molecular formula is C26H26N6O2. The summed E-state index contributed by atoms with van der Waals surface area (Å²) >= 11 is 0. The number of nitrogens with one attached hydrogen (secondary N) is 3. The number of nitrogens with zero attached hydrogens (tertiary/aromatic N) is 3. The van der Waals surface area contributed by atoms with Crippen molar-refractivity contribution in [1.29, 1.82) is 0 Å². The van der Waals surface area contributed by atoms with Crippen molar-refractivity contribution in [1.82, 2.24) is 15.3 Å². The van der Waals surface area contributed by atoms with E-state index in [9.17, 15) is 4.79 Å². The molecule has 1 aliphatic rings. The van der Waals surface area contributed by atoms with Crippen molar-refractivity contribution in [3.63, 3.8) is 0 Å². The molecule has 0 radical (unpaired) electrons. The van der Waals surface area contributed by atoms with Crippen LogP contribution in [0.3, 0.4) is 0 Å². The van der Waals surface area contributed by atoms with E-state index in [2.05, 4.69) is 25.8 Å². The Labute approximate surface area is 198 Å². The molecule has 1 fully saturated rings. The predicted octanol–water partition coefficient (Wildman–Crippen LogP) is 4.78. The lowest BCUT2D eigenvalue weighted by Gasteiger charge is -2.28. The fraction of sp³-hybridized carbons (Fsp3) is 0.192. The van der Waals surface area contributed by atoms with Gasteiger partial charge in [0.05, 0.1) is 17.2 Å². The van der Waals surface area contributed by atoms with E-state index in [1.807, 2.05) is 73.8 Å². The number of anilines is 3. The first-order chi connectivity index (χ1) is 16.6. The molecule has 5 rings (SSSR count). The van der Waals surface area contributed by atoms with Gasteiger partial charge in [0.25, 0.3) is 0 Å². The van der Waals surface area contributed by atoms with Crippen LogP contribution in [0.5, 0.6) is 11.5 Å². The minimum Gasteiger partial charge on any atom is -0.457 e. The number of urea groups is 1. The molecule has 1 aliphatic heterocycles. The van der Waals surface area contributed by atoms with Gasteiger partial charge in [0.2, 0.25) is 0 Å². The minimum absolute atomic E-state index is 0.316. The first-order valence-electron chi connectivity index (χ1n) is 11.3. The molecular weight excluding hydrogens is 428 g/mol. The summed E-state index contributed by atoms with van der Waals surface area (Å²) in [7, 11) is 0. The Morgan fingerprint density at radius 2 is 1.65 bits per heavy atom. The Morgan fingerprint density at radius 1 is 0.912 bits per heavy atom. The molecule has 2 heterocycles. The summed E-state index contributed by atoms with van der Waals surface area (Å²) in [4.78, 5) is 24.0. The largest absolute Gasteiger partial charge is 0.457 e. The highest BCUT2D eigenvalue weighted by Crippen LogP contribution is 2.27. The lowest BCUT2D eigenvalue weighted by molar-refractivity contribution is 0.262. The average molecular weight is 455 g/mol. The SMILES string of the molecule is Cc1cccc(NC(=O)Nc2cccc(Oc3ccc4ncc(N5CCNCC5)nc4c3)c2)c1. The van der Waals surface area contributed by atoms with E-state index in [1.165, 1.54) is 0 Å². The van der Waals surface area contributed by atoms with Crippen LogP contribution in [0.1, 0.15) is 5.56 Å². The molecule has 1 saturated heterocycles. The molecule has 8 heteroatoms. The Kier molecular flexibility index (Phi) is 6.22. The van der Waals surface area contributed by atoms with Crippen LogP contribution in [0.15, 0.2) is 72.9 Å². The molecule has 34 heavy (non-hydrogen) atoms. The van der Waals surface area contributed by atoms with Crippen molar-refractivity contribution in [3.8, 4) is 11.5 Å². The molecule has 2 amide bonds. The number of piperazine rings is 1. The zero-order chi connectivity index (χ0) is 23.3. The number of aryl methyl sites for hydroxylation is 1. The average Bonchev–Trinajstić information content (AvgIpc) is 2.84. The maximum atomic E-state index is 12.4. The van der Waals surface area contributed by atoms with Crippen LogP contribution < -0.4 is 25.6 Å². The molecule has 0 unspecified atom stereocenters. The van der Waals surface area contributed by atoms with E-state index in [4.69, 9.17) is 9.72 Å². The Hall–Kier alpha value is -4.17. The number of amides is 2. The highest BCUT2D eigenvalue weighted by atomic mass is 16.5. The van der Waals surface area contributed by atoms with Crippen LogP contribution in [0.2, 0.25) is 0 Å². The smallest absolute Gasteiger partial charge is 0.323 e. The third kappa shape index (κ3) is 5.24. The maximum absolute atomic E-state index is 12.4. The van der Waals surface area contributed by atoms with Crippen LogP contribution >= 0.6 is 0 Å². The predicted molar refractivity (Wildman–Crippen MR) is 135 cm³/mol. The second-order valence-electron chi connectivity index (χ2n) is 8.19. The molecule has 0 spiro atoms. The van der Waals surface area contributed by atoms with Crippen molar-refractivity contribution >= 4 is 34.3 Å². The molecule has 3 aromatic carbocycles. The first kappa shape index (κ1) is 21.7. The van der Waals surface area contributed by atoms with Gasteiger partial charge in [0.15, 0.2) is 0 Å². The molecule has 0 aliphatic carbocycles. The third-order valence-corrected chi connectivity index (χ3v) is 5.55. The van der Waals surface area contributed by atoms with E-state index in [1.54, 1.807) is 6.07 Å². The summed E-state index contributed by atoms with van der Waals surface area (Å²) in [5.41, 5.74) is 4.04. The number of carbonyl (C=O) groups is 1. The maximum Gasteiger partial charge on any atom is 0.323 e. The molecule has 1 aromatic heterocycles. The van der Waals surface area contributed by atoms with Gasteiger partial charge < -0.3 is 25.6 Å². The van der Waals surface area contributed by atoms with Gasteiger partial charge in [-0.25, -0.2) is 9.78 Å². The van der Waals surface area contributed by atoms with Gasteiger partial charge in [-0.2, -0.15) is 0 Å². The monoisotopic (exact) mass is 454 g/mol. The molecule has 0 bridgehead atoms. The van der Waals surface area contributed by atoms with Crippen molar-refractivity contribution in [2.45, 2.75) is 6.92 Å². The second kappa shape index (κ2) is 9.76. The third-order valence-electron chi connectivity index (χ3n) is 5.55. The number of fused-ring (bicyclic) bond motifs is 1. The van der Waals surface area contributed by atoms with Crippen LogP contribution in [0, 0.1) is 6.92 Å². The quantitative estimate of drug-likeness (QED) is 0.402. The van der Waals surface area contributed by atoms with Gasteiger partial charge in [0.1, 0.15) is 17.3 Å². The summed E-state index contributed by atoms with van der Waals surface area (Å²) < 4.78 is 6.06. The Bertz CT molecular complexity index is 1320. The van der Waals surface area contributed by atoms with Crippen molar-refractivity contribution in [2.24, 2.45) is 0 Å². The van der Waals surface area contributed by atoms with Crippen molar-refractivity contribution in [2.75, 3.05) is 41.7 Å². The number of rotatable bonds is 5. The van der Waals surface area contributed by atoms with Gasteiger partial charge in [-0.05, 0) is 48.9 Å². The summed E-state index contributed by atoms with van der Waals surface area (Å²) in [5, 5.41) is 9.03. The number of ether oxygens (including phenoxy) is 1. The minimum atomic E-state index is -0.316. The highest BCUT2D eigenvalue weighted by Gasteiger charge is 2.13. The fourth-order valence-corrected chi connectivity index (χ4v) is 3.88. The summed E-state index contributed by atoms with van der Waals surface area (Å²) in [6, 6.07) is 20.3. The highest BCUT2D eigenvalue weighted by molar-refractivity contribution is 5.99. The van der Waals surface area contributed by atoms with Crippen LogP contribution in [0.4, 0.5) is 22.0 Å². The Balaban J connectivity index is 1.28. The molecule has 0 atom stereocenters. The molecule has 0 saturated carbocycles. The van der Waals surface area contributed by atoms with Gasteiger partial charge in [0, 0.05) is 49.7 Å². The van der Waals surface area contributed by atoms with E-state index in [-0.39, 0.29) is 6.03 Å². The first-order valence-corrected chi connectivity index (χ1v) is 11.3.